The molecule has 2 saturated carbocycles. The van der Waals surface area contributed by atoms with Crippen LogP contribution in [0.2, 0.25) is 0 Å². The minimum atomic E-state index is -1.89. The molecule has 2 aliphatic rings. The third-order valence-electron chi connectivity index (χ3n) is 6.70. The molecular formula is C25H25NO6. The number of carboxylic acids is 2. The molecule has 0 heterocycles. The Balaban J connectivity index is 1.52. The first-order valence-electron chi connectivity index (χ1n) is 10.6. The minimum Gasteiger partial charge on any atom is -0.481 e. The number of carboxylic acid groups (broad SMARTS) is 2. The summed E-state index contributed by atoms with van der Waals surface area (Å²) in [7, 11) is 0. The van der Waals surface area contributed by atoms with Gasteiger partial charge in [-0.3, -0.25) is 4.79 Å². The third-order valence-corrected chi connectivity index (χ3v) is 6.70. The maximum Gasteiger partial charge on any atom is 0.408 e. The van der Waals surface area contributed by atoms with Gasteiger partial charge in [-0.05, 0) is 41.7 Å². The Bertz CT molecular complexity index is 1020. The smallest absolute Gasteiger partial charge is 0.408 e. The van der Waals surface area contributed by atoms with Gasteiger partial charge in [0, 0.05) is 0 Å². The van der Waals surface area contributed by atoms with Crippen LogP contribution in [0.3, 0.4) is 0 Å². The number of aliphatic carboxylic acids is 2. The predicted molar refractivity (Wildman–Crippen MR) is 116 cm³/mol. The number of benzene rings is 2. The topological polar surface area (TPSA) is 113 Å². The van der Waals surface area contributed by atoms with Gasteiger partial charge >= 0.3 is 18.0 Å². The number of hydrogen-bond donors (Lipinski definition) is 3. The van der Waals surface area contributed by atoms with Crippen molar-refractivity contribution in [2.45, 2.75) is 25.0 Å². The molecule has 2 aliphatic carbocycles. The monoisotopic (exact) mass is 435 g/mol. The second-order valence-corrected chi connectivity index (χ2v) is 8.44. The number of ether oxygens (including phenoxy) is 1. The van der Waals surface area contributed by atoms with Gasteiger partial charge in [-0.2, -0.15) is 0 Å². The summed E-state index contributed by atoms with van der Waals surface area (Å²) >= 11 is 0. The van der Waals surface area contributed by atoms with Gasteiger partial charge in [-0.1, -0.05) is 72.8 Å². The molecule has 0 aromatic heterocycles. The molecule has 2 bridgehead atoms. The molecule has 4 rings (SSSR count). The van der Waals surface area contributed by atoms with Gasteiger partial charge in [-0.15, -0.1) is 0 Å². The van der Waals surface area contributed by atoms with E-state index >= 15 is 0 Å². The molecular weight excluding hydrogens is 410 g/mol. The summed E-state index contributed by atoms with van der Waals surface area (Å²) in [4.78, 5) is 37.1. The Morgan fingerprint density at radius 3 is 2.28 bits per heavy atom. The zero-order valence-corrected chi connectivity index (χ0v) is 17.4. The first-order chi connectivity index (χ1) is 15.4. The molecule has 2 aromatic rings. The summed E-state index contributed by atoms with van der Waals surface area (Å²) < 4.78 is 5.21. The van der Waals surface area contributed by atoms with Crippen molar-refractivity contribution in [1.82, 2.24) is 5.32 Å². The van der Waals surface area contributed by atoms with E-state index in [0.29, 0.717) is 12.8 Å². The van der Waals surface area contributed by atoms with Crippen LogP contribution in [0, 0.1) is 23.7 Å². The van der Waals surface area contributed by atoms with Gasteiger partial charge < -0.3 is 20.3 Å². The van der Waals surface area contributed by atoms with Crippen LogP contribution in [0.5, 0.6) is 0 Å². The molecule has 0 radical (unpaired) electrons. The van der Waals surface area contributed by atoms with Crippen LogP contribution in [-0.2, 0) is 20.9 Å². The Morgan fingerprint density at radius 1 is 1.00 bits per heavy atom. The van der Waals surface area contributed by atoms with Crippen molar-refractivity contribution in [2.75, 3.05) is 0 Å². The second-order valence-electron chi connectivity index (χ2n) is 8.44. The highest BCUT2D eigenvalue weighted by Gasteiger charge is 2.68. The lowest BCUT2D eigenvalue weighted by Gasteiger charge is -2.40. The van der Waals surface area contributed by atoms with Gasteiger partial charge in [-0.25, -0.2) is 9.59 Å². The van der Waals surface area contributed by atoms with Gasteiger partial charge in [0.25, 0.3) is 0 Å². The second kappa shape index (κ2) is 8.86. The molecule has 0 saturated heterocycles. The van der Waals surface area contributed by atoms with E-state index in [-0.39, 0.29) is 18.4 Å². The molecule has 3 N–H and O–H groups in total. The maximum absolute atomic E-state index is 12.5. The maximum atomic E-state index is 12.5. The number of nitrogens with one attached hydrogen (secondary N) is 1. The van der Waals surface area contributed by atoms with Crippen molar-refractivity contribution in [3.05, 3.63) is 77.9 Å². The highest BCUT2D eigenvalue weighted by atomic mass is 16.5. The predicted octanol–water partition coefficient (Wildman–Crippen LogP) is 3.81. The highest BCUT2D eigenvalue weighted by Crippen LogP contribution is 2.58. The molecule has 0 spiro atoms. The number of carbonyl (C=O) groups excluding carboxylic acids is 1. The van der Waals surface area contributed by atoms with Crippen LogP contribution < -0.4 is 5.32 Å². The van der Waals surface area contributed by atoms with E-state index in [9.17, 15) is 24.6 Å². The molecule has 32 heavy (non-hydrogen) atoms. The van der Waals surface area contributed by atoms with E-state index < -0.39 is 35.4 Å². The molecule has 2 fully saturated rings. The Hall–Kier alpha value is -3.61. The minimum absolute atomic E-state index is 0.0311. The van der Waals surface area contributed by atoms with Crippen LogP contribution >= 0.6 is 0 Å². The Morgan fingerprint density at radius 2 is 1.66 bits per heavy atom. The van der Waals surface area contributed by atoms with Gasteiger partial charge in [0.15, 0.2) is 5.54 Å². The largest absolute Gasteiger partial charge is 0.481 e. The Labute approximate surface area is 185 Å². The van der Waals surface area contributed by atoms with E-state index in [1.54, 1.807) is 24.3 Å². The molecule has 1 amide bonds. The van der Waals surface area contributed by atoms with Gasteiger partial charge in [0.1, 0.15) is 6.61 Å². The number of allylic oxidation sites excluding steroid dienone is 1. The number of rotatable bonds is 7. The van der Waals surface area contributed by atoms with Crippen LogP contribution in [0.25, 0.3) is 6.08 Å². The molecule has 7 heteroatoms. The van der Waals surface area contributed by atoms with Crippen molar-refractivity contribution >= 4 is 24.1 Å². The van der Waals surface area contributed by atoms with E-state index in [0.717, 1.165) is 11.1 Å². The first-order valence-corrected chi connectivity index (χ1v) is 10.6. The van der Waals surface area contributed by atoms with E-state index in [1.807, 2.05) is 48.6 Å². The molecule has 0 aliphatic heterocycles. The molecule has 7 nitrogen and oxygen atoms in total. The first kappa shape index (κ1) is 21.6. The summed E-state index contributed by atoms with van der Waals surface area (Å²) in [5.41, 5.74) is -0.142. The van der Waals surface area contributed by atoms with E-state index in [4.69, 9.17) is 4.74 Å². The summed E-state index contributed by atoms with van der Waals surface area (Å²) in [6, 6.07) is 18.6. The fourth-order valence-corrected chi connectivity index (χ4v) is 5.32. The van der Waals surface area contributed by atoms with Crippen molar-refractivity contribution in [3.63, 3.8) is 0 Å². The van der Waals surface area contributed by atoms with Crippen molar-refractivity contribution in [1.29, 1.82) is 0 Å². The van der Waals surface area contributed by atoms with Crippen LogP contribution in [0.15, 0.2) is 66.7 Å². The molecule has 166 valence electrons. The lowest BCUT2D eigenvalue weighted by molar-refractivity contribution is -0.161. The van der Waals surface area contributed by atoms with Gasteiger partial charge in [0.2, 0.25) is 0 Å². The molecule has 5 atom stereocenters. The number of hydrogen-bond acceptors (Lipinski definition) is 4. The van der Waals surface area contributed by atoms with Crippen LogP contribution in [0.1, 0.15) is 24.0 Å². The zero-order chi connectivity index (χ0) is 22.7. The third kappa shape index (κ3) is 3.98. The normalized spacial score (nSPS) is 28.5. The summed E-state index contributed by atoms with van der Waals surface area (Å²) in [6.07, 6.45) is 3.89. The highest BCUT2D eigenvalue weighted by molar-refractivity contribution is 5.92. The average molecular weight is 435 g/mol. The molecule has 2 aromatic carbocycles. The fourth-order valence-electron chi connectivity index (χ4n) is 5.32. The fraction of sp³-hybridized carbons (Fsp3) is 0.320. The number of alkyl carbamates (subject to hydrolysis) is 1. The van der Waals surface area contributed by atoms with Crippen molar-refractivity contribution in [3.8, 4) is 0 Å². The summed E-state index contributed by atoms with van der Waals surface area (Å²) in [5.74, 6) is -4.76. The lowest BCUT2D eigenvalue weighted by Crippen LogP contribution is -2.65. The van der Waals surface area contributed by atoms with Crippen LogP contribution in [-0.4, -0.2) is 33.8 Å². The van der Waals surface area contributed by atoms with Gasteiger partial charge in [0.05, 0.1) is 5.92 Å². The zero-order valence-electron chi connectivity index (χ0n) is 17.4. The lowest BCUT2D eigenvalue weighted by atomic mass is 9.68. The number of fused-ring (bicyclic) bond motifs is 2. The SMILES string of the molecule is O=C(N[C@]1(C(=O)O)[C@@H]2C[C@@H]([C@@H](/C=C/c3ccccc3)C2)[C@@H]1C(=O)O)OCc1ccccc1. The summed E-state index contributed by atoms with van der Waals surface area (Å²) in [6.45, 7) is -0.0311. The van der Waals surface area contributed by atoms with Crippen molar-refractivity contribution < 1.29 is 29.3 Å². The Kier molecular flexibility index (Phi) is 5.99. The number of carbonyl (C=O) groups is 3. The average Bonchev–Trinajstić information content (AvgIpc) is 3.34. The van der Waals surface area contributed by atoms with E-state index in [2.05, 4.69) is 5.32 Å². The number of amides is 1. The summed E-state index contributed by atoms with van der Waals surface area (Å²) in [5, 5.41) is 22.5. The quantitative estimate of drug-likeness (QED) is 0.610. The molecule has 0 unspecified atom stereocenters. The van der Waals surface area contributed by atoms with E-state index in [1.165, 1.54) is 0 Å². The van der Waals surface area contributed by atoms with Crippen LogP contribution in [0.4, 0.5) is 4.79 Å². The van der Waals surface area contributed by atoms with Crippen molar-refractivity contribution in [2.24, 2.45) is 23.7 Å². The standard InChI is InChI=1S/C25H25NO6/c27-22(28)21-20-14-19(13-18(20)12-11-16-7-3-1-4-8-16)25(21,23(29)30)26-24(31)32-15-17-9-5-2-6-10-17/h1-12,18-21H,13-15H2,(H,26,31)(H,27,28)(H,29,30)/b12-11+/t18-,19-,20-,21+,25+/m0/s1.